The standard InChI is InChI=1S/C10H18N2O2/c1-7-2-5-12(8(7)6-13)9(14)10(11)3-4-10/h7-8,13H,2-6,11H2,1H3. The van der Waals surface area contributed by atoms with Crippen molar-refractivity contribution in [1.29, 1.82) is 0 Å². The van der Waals surface area contributed by atoms with Crippen LogP contribution in [0, 0.1) is 5.92 Å². The molecule has 80 valence electrons. The van der Waals surface area contributed by atoms with Crippen LogP contribution in [0.25, 0.3) is 0 Å². The lowest BCUT2D eigenvalue weighted by atomic mass is 10.0. The second-order valence-corrected chi connectivity index (χ2v) is 4.67. The van der Waals surface area contributed by atoms with Crippen LogP contribution in [0.5, 0.6) is 0 Å². The minimum Gasteiger partial charge on any atom is -0.394 e. The van der Waals surface area contributed by atoms with Gasteiger partial charge < -0.3 is 15.7 Å². The van der Waals surface area contributed by atoms with Crippen LogP contribution >= 0.6 is 0 Å². The Morgan fingerprint density at radius 3 is 2.79 bits per heavy atom. The molecule has 2 fully saturated rings. The smallest absolute Gasteiger partial charge is 0.242 e. The van der Waals surface area contributed by atoms with Gasteiger partial charge in [-0.2, -0.15) is 0 Å². The maximum absolute atomic E-state index is 11.9. The van der Waals surface area contributed by atoms with Crippen LogP contribution in [-0.4, -0.2) is 40.6 Å². The number of hydrogen-bond donors (Lipinski definition) is 2. The van der Waals surface area contributed by atoms with Gasteiger partial charge in [0.15, 0.2) is 0 Å². The van der Waals surface area contributed by atoms with Crippen molar-refractivity contribution < 1.29 is 9.90 Å². The molecule has 1 saturated heterocycles. The van der Waals surface area contributed by atoms with E-state index in [1.807, 2.05) is 0 Å². The molecule has 1 heterocycles. The zero-order valence-electron chi connectivity index (χ0n) is 8.57. The fraction of sp³-hybridized carbons (Fsp3) is 0.900. The number of carbonyl (C=O) groups is 1. The van der Waals surface area contributed by atoms with Crippen LogP contribution in [-0.2, 0) is 4.79 Å². The molecule has 0 radical (unpaired) electrons. The maximum Gasteiger partial charge on any atom is 0.242 e. The van der Waals surface area contributed by atoms with Crippen molar-refractivity contribution >= 4 is 5.91 Å². The molecule has 2 atom stereocenters. The summed E-state index contributed by atoms with van der Waals surface area (Å²) in [4.78, 5) is 13.7. The van der Waals surface area contributed by atoms with E-state index in [0.717, 1.165) is 25.8 Å². The predicted octanol–water partition coefficient (Wildman–Crippen LogP) is -0.293. The van der Waals surface area contributed by atoms with Gasteiger partial charge in [0.05, 0.1) is 18.2 Å². The minimum absolute atomic E-state index is 0.0106. The van der Waals surface area contributed by atoms with E-state index in [4.69, 9.17) is 5.73 Å². The van der Waals surface area contributed by atoms with E-state index in [2.05, 4.69) is 6.92 Å². The zero-order chi connectivity index (χ0) is 10.3. The molecular weight excluding hydrogens is 180 g/mol. The van der Waals surface area contributed by atoms with Gasteiger partial charge in [-0.05, 0) is 25.2 Å². The molecule has 4 nitrogen and oxygen atoms in total. The summed E-state index contributed by atoms with van der Waals surface area (Å²) in [5.41, 5.74) is 5.27. The van der Waals surface area contributed by atoms with Gasteiger partial charge >= 0.3 is 0 Å². The fourth-order valence-electron chi connectivity index (χ4n) is 2.17. The summed E-state index contributed by atoms with van der Waals surface area (Å²) in [7, 11) is 0. The molecule has 4 heteroatoms. The molecule has 1 saturated carbocycles. The van der Waals surface area contributed by atoms with Crippen molar-refractivity contribution in [3.8, 4) is 0 Å². The van der Waals surface area contributed by atoms with Crippen LogP contribution in [0.15, 0.2) is 0 Å². The quantitative estimate of drug-likeness (QED) is 0.640. The summed E-state index contributed by atoms with van der Waals surface area (Å²) >= 11 is 0. The van der Waals surface area contributed by atoms with E-state index >= 15 is 0 Å². The van der Waals surface area contributed by atoms with Gasteiger partial charge in [0.2, 0.25) is 5.91 Å². The molecule has 1 aliphatic heterocycles. The van der Waals surface area contributed by atoms with Gasteiger partial charge in [-0.15, -0.1) is 0 Å². The monoisotopic (exact) mass is 198 g/mol. The highest BCUT2D eigenvalue weighted by Gasteiger charge is 2.50. The molecule has 2 rings (SSSR count). The molecule has 0 aromatic rings. The largest absolute Gasteiger partial charge is 0.394 e. The van der Waals surface area contributed by atoms with E-state index < -0.39 is 5.54 Å². The van der Waals surface area contributed by atoms with Crippen LogP contribution < -0.4 is 5.73 Å². The molecule has 0 bridgehead atoms. The highest BCUT2D eigenvalue weighted by atomic mass is 16.3. The SMILES string of the molecule is CC1CCN(C(=O)C2(N)CC2)C1CO. The van der Waals surface area contributed by atoms with E-state index in [1.165, 1.54) is 0 Å². The molecule has 3 N–H and O–H groups in total. The van der Waals surface area contributed by atoms with Crippen LogP contribution in [0.3, 0.4) is 0 Å². The topological polar surface area (TPSA) is 66.6 Å². The second kappa shape index (κ2) is 3.21. The highest BCUT2D eigenvalue weighted by molar-refractivity contribution is 5.89. The van der Waals surface area contributed by atoms with Gasteiger partial charge in [-0.25, -0.2) is 0 Å². The molecule has 0 aromatic heterocycles. The van der Waals surface area contributed by atoms with Crippen molar-refractivity contribution in [1.82, 2.24) is 4.90 Å². The summed E-state index contributed by atoms with van der Waals surface area (Å²) in [6, 6.07) is -0.0106. The third kappa shape index (κ3) is 1.42. The fourth-order valence-corrected chi connectivity index (χ4v) is 2.17. The van der Waals surface area contributed by atoms with E-state index in [-0.39, 0.29) is 18.6 Å². The van der Waals surface area contributed by atoms with Crippen molar-refractivity contribution in [3.05, 3.63) is 0 Å². The van der Waals surface area contributed by atoms with Crippen molar-refractivity contribution in [2.45, 2.75) is 37.8 Å². The Bertz CT molecular complexity index is 251. The minimum atomic E-state index is -0.586. The van der Waals surface area contributed by atoms with Gasteiger partial charge in [0.25, 0.3) is 0 Å². The first-order chi connectivity index (χ1) is 6.58. The Morgan fingerprint density at radius 2 is 2.29 bits per heavy atom. The normalized spacial score (nSPS) is 34.6. The van der Waals surface area contributed by atoms with E-state index in [9.17, 15) is 9.90 Å². The summed E-state index contributed by atoms with van der Waals surface area (Å²) in [5, 5.41) is 9.21. The summed E-state index contributed by atoms with van der Waals surface area (Å²) < 4.78 is 0. The van der Waals surface area contributed by atoms with Gasteiger partial charge in [0.1, 0.15) is 0 Å². The molecule has 2 unspecified atom stereocenters. The van der Waals surface area contributed by atoms with Gasteiger partial charge in [-0.1, -0.05) is 6.92 Å². The van der Waals surface area contributed by atoms with Gasteiger partial charge in [0, 0.05) is 6.54 Å². The Hall–Kier alpha value is -0.610. The van der Waals surface area contributed by atoms with Crippen LogP contribution in [0.1, 0.15) is 26.2 Å². The average molecular weight is 198 g/mol. The number of nitrogens with zero attached hydrogens (tertiary/aromatic N) is 1. The third-order valence-corrected chi connectivity index (χ3v) is 3.55. The highest BCUT2D eigenvalue weighted by Crippen LogP contribution is 2.37. The number of rotatable bonds is 2. The number of nitrogens with two attached hydrogens (primary N) is 1. The van der Waals surface area contributed by atoms with Crippen LogP contribution in [0.2, 0.25) is 0 Å². The summed E-state index contributed by atoms with van der Waals surface area (Å²) in [5.74, 6) is 0.437. The Labute approximate surface area is 84.1 Å². The Balaban J connectivity index is 2.07. The lowest BCUT2D eigenvalue weighted by molar-refractivity contribution is -0.135. The number of amides is 1. The second-order valence-electron chi connectivity index (χ2n) is 4.67. The first-order valence-electron chi connectivity index (χ1n) is 5.29. The van der Waals surface area contributed by atoms with E-state index in [1.54, 1.807) is 4.90 Å². The number of aliphatic hydroxyl groups excluding tert-OH is 1. The van der Waals surface area contributed by atoms with E-state index in [0.29, 0.717) is 5.92 Å². The Morgan fingerprint density at radius 1 is 1.64 bits per heavy atom. The maximum atomic E-state index is 11.9. The zero-order valence-corrected chi connectivity index (χ0v) is 8.57. The Kier molecular flexibility index (Phi) is 2.27. The molecule has 0 spiro atoms. The molecule has 0 aromatic carbocycles. The van der Waals surface area contributed by atoms with Crippen molar-refractivity contribution in [2.24, 2.45) is 11.7 Å². The predicted molar refractivity (Wildman–Crippen MR) is 52.5 cm³/mol. The molecule has 2 aliphatic rings. The molecular formula is C10H18N2O2. The number of hydrogen-bond acceptors (Lipinski definition) is 3. The van der Waals surface area contributed by atoms with Crippen LogP contribution in [0.4, 0.5) is 0 Å². The number of aliphatic hydroxyl groups is 1. The number of carbonyl (C=O) groups excluding carboxylic acids is 1. The summed E-state index contributed by atoms with van der Waals surface area (Å²) in [6.45, 7) is 2.89. The molecule has 1 amide bonds. The lowest BCUT2D eigenvalue weighted by Crippen LogP contribution is -2.49. The van der Waals surface area contributed by atoms with Gasteiger partial charge in [-0.3, -0.25) is 4.79 Å². The van der Waals surface area contributed by atoms with Crippen molar-refractivity contribution in [2.75, 3.05) is 13.2 Å². The molecule has 1 aliphatic carbocycles. The third-order valence-electron chi connectivity index (χ3n) is 3.55. The molecule has 14 heavy (non-hydrogen) atoms. The average Bonchev–Trinajstić information content (AvgIpc) is 2.79. The first kappa shape index (κ1) is 9.93. The van der Waals surface area contributed by atoms with Crippen molar-refractivity contribution in [3.63, 3.8) is 0 Å². The lowest BCUT2D eigenvalue weighted by Gasteiger charge is -2.27. The number of likely N-dealkylation sites (tertiary alicyclic amines) is 1. The summed E-state index contributed by atoms with van der Waals surface area (Å²) in [6.07, 6.45) is 2.58. The first-order valence-corrected chi connectivity index (χ1v) is 5.29.